The van der Waals surface area contributed by atoms with Crippen molar-refractivity contribution in [3.8, 4) is 0 Å². The lowest BCUT2D eigenvalue weighted by Gasteiger charge is -2.22. The third-order valence-electron chi connectivity index (χ3n) is 3.16. The molecule has 0 aliphatic carbocycles. The molecule has 0 aliphatic rings. The molecule has 16 heavy (non-hydrogen) atoms. The van der Waals surface area contributed by atoms with Crippen molar-refractivity contribution in [2.24, 2.45) is 5.73 Å². The third kappa shape index (κ3) is 3.06. The summed E-state index contributed by atoms with van der Waals surface area (Å²) in [5.74, 6) is 0. The first-order valence-electron chi connectivity index (χ1n) is 5.89. The Morgan fingerprint density at radius 3 is 2.00 bits per heavy atom. The van der Waals surface area contributed by atoms with Crippen LogP contribution in [0.25, 0.3) is 0 Å². The van der Waals surface area contributed by atoms with Crippen molar-refractivity contribution in [1.82, 2.24) is 5.32 Å². The number of hydrogen-bond acceptors (Lipinski definition) is 2. The molecule has 0 saturated heterocycles. The van der Waals surface area contributed by atoms with Crippen LogP contribution in [0.5, 0.6) is 0 Å². The molecule has 0 spiro atoms. The van der Waals surface area contributed by atoms with Crippen LogP contribution in [0.2, 0.25) is 0 Å². The molecule has 90 valence electrons. The zero-order valence-corrected chi connectivity index (χ0v) is 11.0. The molecular formula is C14H24N2. The molecule has 1 aromatic rings. The fourth-order valence-corrected chi connectivity index (χ4v) is 1.67. The second kappa shape index (κ2) is 4.98. The molecule has 3 N–H and O–H groups in total. The molecule has 2 nitrogen and oxygen atoms in total. The highest BCUT2D eigenvalue weighted by Crippen LogP contribution is 2.24. The van der Waals surface area contributed by atoms with Gasteiger partial charge in [0, 0.05) is 12.1 Å². The Balaban J connectivity index is 2.87. The quantitative estimate of drug-likeness (QED) is 0.821. The van der Waals surface area contributed by atoms with E-state index in [2.05, 4.69) is 57.3 Å². The zero-order chi connectivity index (χ0) is 12.3. The van der Waals surface area contributed by atoms with Crippen LogP contribution in [0.4, 0.5) is 0 Å². The Kier molecular flexibility index (Phi) is 4.11. The summed E-state index contributed by atoms with van der Waals surface area (Å²) in [5, 5.41) is 3.18. The van der Waals surface area contributed by atoms with Crippen LogP contribution in [0.3, 0.4) is 0 Å². The summed E-state index contributed by atoms with van der Waals surface area (Å²) >= 11 is 0. The van der Waals surface area contributed by atoms with Gasteiger partial charge >= 0.3 is 0 Å². The van der Waals surface area contributed by atoms with Gasteiger partial charge in [-0.05, 0) is 30.5 Å². The highest BCUT2D eigenvalue weighted by molar-refractivity contribution is 5.29. The number of nitrogens with one attached hydrogen (secondary N) is 1. The number of rotatable bonds is 3. The van der Waals surface area contributed by atoms with Crippen molar-refractivity contribution in [3.63, 3.8) is 0 Å². The molecule has 2 heteroatoms. The minimum Gasteiger partial charge on any atom is -0.323 e. The predicted octanol–water partition coefficient (Wildman–Crippen LogP) is 2.59. The molecule has 0 radical (unpaired) electrons. The topological polar surface area (TPSA) is 38.0 Å². The van der Waals surface area contributed by atoms with Gasteiger partial charge < -0.3 is 11.1 Å². The Morgan fingerprint density at radius 2 is 1.62 bits per heavy atom. The fourth-order valence-electron chi connectivity index (χ4n) is 1.67. The average molecular weight is 220 g/mol. The zero-order valence-electron chi connectivity index (χ0n) is 11.0. The number of nitrogens with two attached hydrogens (primary N) is 1. The van der Waals surface area contributed by atoms with Gasteiger partial charge in [0.05, 0.1) is 0 Å². The Hall–Kier alpha value is -0.860. The van der Waals surface area contributed by atoms with Crippen LogP contribution in [0.15, 0.2) is 24.3 Å². The van der Waals surface area contributed by atoms with Crippen molar-refractivity contribution in [2.45, 2.75) is 45.2 Å². The van der Waals surface area contributed by atoms with E-state index in [1.54, 1.807) is 0 Å². The molecular weight excluding hydrogens is 196 g/mol. The number of hydrogen-bond donors (Lipinski definition) is 2. The monoisotopic (exact) mass is 220 g/mol. The molecule has 0 aromatic heterocycles. The first kappa shape index (κ1) is 13.2. The fraction of sp³-hybridized carbons (Fsp3) is 0.571. The minimum absolute atomic E-state index is 0.0546. The van der Waals surface area contributed by atoms with Gasteiger partial charge in [0.15, 0.2) is 0 Å². The van der Waals surface area contributed by atoms with Crippen molar-refractivity contribution in [3.05, 3.63) is 35.4 Å². The summed E-state index contributed by atoms with van der Waals surface area (Å²) in [6.07, 6.45) is 0. The van der Waals surface area contributed by atoms with Gasteiger partial charge in [0.2, 0.25) is 0 Å². The summed E-state index contributed by atoms with van der Waals surface area (Å²) in [7, 11) is 1.94. The van der Waals surface area contributed by atoms with E-state index in [0.29, 0.717) is 6.04 Å². The van der Waals surface area contributed by atoms with Crippen LogP contribution < -0.4 is 11.1 Å². The van der Waals surface area contributed by atoms with Crippen LogP contribution in [-0.2, 0) is 5.41 Å². The number of likely N-dealkylation sites (N-methyl/N-ethyl adjacent to an activating group) is 1. The number of benzene rings is 1. The summed E-state index contributed by atoms with van der Waals surface area (Å²) in [6, 6.07) is 8.98. The summed E-state index contributed by atoms with van der Waals surface area (Å²) < 4.78 is 0. The normalized spacial score (nSPS) is 15.9. The van der Waals surface area contributed by atoms with E-state index in [4.69, 9.17) is 5.73 Å². The molecule has 0 fully saturated rings. The standard InChI is InChI=1S/C14H24N2/c1-10(16-5)13(15)11-6-8-12(9-7-11)14(2,3)4/h6-10,13,16H,15H2,1-5H3. The van der Waals surface area contributed by atoms with Crippen LogP contribution >= 0.6 is 0 Å². The second-order valence-corrected chi connectivity index (χ2v) is 5.48. The van der Waals surface area contributed by atoms with Crippen LogP contribution in [-0.4, -0.2) is 13.1 Å². The highest BCUT2D eigenvalue weighted by atomic mass is 14.9. The lowest BCUT2D eigenvalue weighted by atomic mass is 9.86. The molecule has 0 aliphatic heterocycles. The summed E-state index contributed by atoms with van der Waals surface area (Å²) in [4.78, 5) is 0. The predicted molar refractivity (Wildman–Crippen MR) is 70.6 cm³/mol. The minimum atomic E-state index is 0.0546. The molecule has 2 unspecified atom stereocenters. The molecule has 0 heterocycles. The third-order valence-corrected chi connectivity index (χ3v) is 3.16. The van der Waals surface area contributed by atoms with Crippen molar-refractivity contribution < 1.29 is 0 Å². The van der Waals surface area contributed by atoms with Gasteiger partial charge in [0.1, 0.15) is 0 Å². The largest absolute Gasteiger partial charge is 0.323 e. The molecule has 0 saturated carbocycles. The van der Waals surface area contributed by atoms with Crippen molar-refractivity contribution in [2.75, 3.05) is 7.05 Å². The second-order valence-electron chi connectivity index (χ2n) is 5.48. The van der Waals surface area contributed by atoms with E-state index in [0.717, 1.165) is 0 Å². The lowest BCUT2D eigenvalue weighted by molar-refractivity contribution is 0.506. The van der Waals surface area contributed by atoms with Crippen molar-refractivity contribution >= 4 is 0 Å². The van der Waals surface area contributed by atoms with E-state index in [1.165, 1.54) is 11.1 Å². The maximum Gasteiger partial charge on any atom is 0.0448 e. The Morgan fingerprint density at radius 1 is 1.12 bits per heavy atom. The van der Waals surface area contributed by atoms with Crippen LogP contribution in [0, 0.1) is 0 Å². The van der Waals surface area contributed by atoms with Gasteiger partial charge in [0.25, 0.3) is 0 Å². The summed E-state index contributed by atoms with van der Waals surface area (Å²) in [6.45, 7) is 8.76. The Labute approximate surface area is 99.2 Å². The smallest absolute Gasteiger partial charge is 0.0448 e. The maximum atomic E-state index is 6.15. The van der Waals surface area contributed by atoms with Gasteiger partial charge in [-0.1, -0.05) is 45.0 Å². The summed E-state index contributed by atoms with van der Waals surface area (Å²) in [5.41, 5.74) is 8.89. The van der Waals surface area contributed by atoms with Crippen molar-refractivity contribution in [1.29, 1.82) is 0 Å². The van der Waals surface area contributed by atoms with Gasteiger partial charge in [-0.25, -0.2) is 0 Å². The maximum absolute atomic E-state index is 6.15. The highest BCUT2D eigenvalue weighted by Gasteiger charge is 2.16. The lowest BCUT2D eigenvalue weighted by Crippen LogP contribution is -2.34. The van der Waals surface area contributed by atoms with E-state index < -0.39 is 0 Å². The molecule has 1 aromatic carbocycles. The molecule has 2 atom stereocenters. The molecule has 1 rings (SSSR count). The van der Waals surface area contributed by atoms with E-state index in [9.17, 15) is 0 Å². The van der Waals surface area contributed by atoms with E-state index in [-0.39, 0.29) is 11.5 Å². The first-order valence-corrected chi connectivity index (χ1v) is 5.89. The Bertz CT molecular complexity index is 322. The SMILES string of the molecule is CNC(C)C(N)c1ccc(C(C)(C)C)cc1. The average Bonchev–Trinajstić information content (AvgIpc) is 2.26. The molecule has 0 amide bonds. The first-order chi connectivity index (χ1) is 7.36. The van der Waals surface area contributed by atoms with Gasteiger partial charge in [-0.2, -0.15) is 0 Å². The molecule has 0 bridgehead atoms. The van der Waals surface area contributed by atoms with E-state index in [1.807, 2.05) is 7.05 Å². The van der Waals surface area contributed by atoms with Crippen LogP contribution in [0.1, 0.15) is 44.9 Å². The van der Waals surface area contributed by atoms with Gasteiger partial charge in [-0.3, -0.25) is 0 Å². The van der Waals surface area contributed by atoms with Gasteiger partial charge in [-0.15, -0.1) is 0 Å². The van der Waals surface area contributed by atoms with E-state index >= 15 is 0 Å².